The van der Waals surface area contributed by atoms with E-state index in [1.54, 1.807) is 0 Å². The van der Waals surface area contributed by atoms with Crippen LogP contribution in [0, 0.1) is 5.92 Å². The molecule has 0 N–H and O–H groups in total. The van der Waals surface area contributed by atoms with Crippen LogP contribution < -0.4 is 9.47 Å². The van der Waals surface area contributed by atoms with E-state index >= 15 is 0 Å². The van der Waals surface area contributed by atoms with Gasteiger partial charge in [0.1, 0.15) is 18.1 Å². The quantitative estimate of drug-likeness (QED) is 0.821. The first-order valence-electron chi connectivity index (χ1n) is 5.56. The van der Waals surface area contributed by atoms with Gasteiger partial charge in [-0.05, 0) is 47.0 Å². The molecule has 3 nitrogen and oxygen atoms in total. The largest absolute Gasteiger partial charge is 0.573 e. The van der Waals surface area contributed by atoms with Gasteiger partial charge in [0.25, 0.3) is 0 Å². The molecule has 0 saturated heterocycles. The molecule has 0 heterocycles. The van der Waals surface area contributed by atoms with E-state index in [0.29, 0.717) is 5.75 Å². The van der Waals surface area contributed by atoms with Crippen LogP contribution in [0.15, 0.2) is 22.7 Å². The number of hydrogen-bond acceptors (Lipinski definition) is 3. The van der Waals surface area contributed by atoms with E-state index < -0.39 is 6.36 Å². The summed E-state index contributed by atoms with van der Waals surface area (Å²) < 4.78 is 45.3. The highest BCUT2D eigenvalue weighted by atomic mass is 79.9. The fourth-order valence-corrected chi connectivity index (χ4v) is 1.90. The summed E-state index contributed by atoms with van der Waals surface area (Å²) in [7, 11) is 0. The van der Waals surface area contributed by atoms with Gasteiger partial charge < -0.3 is 9.47 Å². The smallest absolute Gasteiger partial charge is 0.486 e. The topological polar surface area (TPSA) is 35.5 Å². The van der Waals surface area contributed by atoms with E-state index in [-0.39, 0.29) is 28.5 Å². The molecule has 1 aliphatic carbocycles. The monoisotopic (exact) mass is 338 g/mol. The molecule has 1 aromatic carbocycles. The third-order valence-corrected chi connectivity index (χ3v) is 3.16. The molecule has 1 aliphatic rings. The maximum Gasteiger partial charge on any atom is 0.573 e. The van der Waals surface area contributed by atoms with Gasteiger partial charge in [0.05, 0.1) is 4.47 Å². The second kappa shape index (κ2) is 5.40. The molecular weight excluding hydrogens is 329 g/mol. The number of carbonyl (C=O) groups excluding carboxylic acids is 1. The third-order valence-electron chi connectivity index (χ3n) is 2.54. The number of carbonyl (C=O) groups is 1. The van der Waals surface area contributed by atoms with Gasteiger partial charge in [0.15, 0.2) is 5.78 Å². The highest BCUT2D eigenvalue weighted by Gasteiger charge is 2.32. The van der Waals surface area contributed by atoms with E-state index in [1.807, 2.05) is 0 Å². The standard InChI is InChI=1S/C12H10BrF3O3/c13-9-5-8(18-6-10(17)7-1-2-7)3-4-11(9)19-12(14,15)16/h3-5,7H,1-2,6H2. The van der Waals surface area contributed by atoms with Crippen LogP contribution in [0.2, 0.25) is 0 Å². The Morgan fingerprint density at radius 3 is 2.58 bits per heavy atom. The molecule has 104 valence electrons. The minimum absolute atomic E-state index is 0.0201. The lowest BCUT2D eigenvalue weighted by Gasteiger charge is -2.12. The maximum atomic E-state index is 12.1. The highest BCUT2D eigenvalue weighted by molar-refractivity contribution is 9.10. The molecule has 19 heavy (non-hydrogen) atoms. The summed E-state index contributed by atoms with van der Waals surface area (Å²) in [6.07, 6.45) is -2.96. The second-order valence-electron chi connectivity index (χ2n) is 4.17. The summed E-state index contributed by atoms with van der Waals surface area (Å²) in [5, 5.41) is 0. The Balaban J connectivity index is 1.95. The number of rotatable bonds is 5. The lowest BCUT2D eigenvalue weighted by atomic mass is 10.3. The molecule has 0 radical (unpaired) electrons. The molecule has 0 spiro atoms. The lowest BCUT2D eigenvalue weighted by molar-refractivity contribution is -0.274. The second-order valence-corrected chi connectivity index (χ2v) is 5.02. The van der Waals surface area contributed by atoms with Gasteiger partial charge in [0, 0.05) is 5.92 Å². The predicted octanol–water partition coefficient (Wildman–Crippen LogP) is 3.71. The molecule has 0 unspecified atom stereocenters. The van der Waals surface area contributed by atoms with Gasteiger partial charge in [-0.3, -0.25) is 4.79 Å². The van der Waals surface area contributed by atoms with Gasteiger partial charge in [0.2, 0.25) is 0 Å². The Morgan fingerprint density at radius 2 is 2.05 bits per heavy atom. The van der Waals surface area contributed by atoms with Crippen molar-refractivity contribution in [3.63, 3.8) is 0 Å². The number of hydrogen-bond donors (Lipinski definition) is 0. The van der Waals surface area contributed by atoms with Crippen LogP contribution in [-0.4, -0.2) is 18.8 Å². The van der Waals surface area contributed by atoms with Crippen molar-refractivity contribution in [1.29, 1.82) is 0 Å². The first-order chi connectivity index (χ1) is 8.85. The van der Waals surface area contributed by atoms with Crippen molar-refractivity contribution >= 4 is 21.7 Å². The highest BCUT2D eigenvalue weighted by Crippen LogP contribution is 2.34. The fraction of sp³-hybridized carbons (Fsp3) is 0.417. The minimum atomic E-state index is -4.74. The van der Waals surface area contributed by atoms with Crippen molar-refractivity contribution < 1.29 is 27.4 Å². The van der Waals surface area contributed by atoms with E-state index in [9.17, 15) is 18.0 Å². The van der Waals surface area contributed by atoms with Crippen LogP contribution in [0.4, 0.5) is 13.2 Å². The van der Waals surface area contributed by atoms with Crippen molar-refractivity contribution in [2.24, 2.45) is 5.92 Å². The van der Waals surface area contributed by atoms with Crippen molar-refractivity contribution in [3.05, 3.63) is 22.7 Å². The Kier molecular flexibility index (Phi) is 4.03. The van der Waals surface area contributed by atoms with Crippen LogP contribution >= 0.6 is 15.9 Å². The molecule has 1 fully saturated rings. The van der Waals surface area contributed by atoms with Gasteiger partial charge in [-0.25, -0.2) is 0 Å². The van der Waals surface area contributed by atoms with Crippen LogP contribution in [0.1, 0.15) is 12.8 Å². The van der Waals surface area contributed by atoms with Gasteiger partial charge in [-0.1, -0.05) is 0 Å². The molecule has 0 atom stereocenters. The van der Waals surface area contributed by atoms with Crippen molar-refractivity contribution in [1.82, 2.24) is 0 Å². The number of halogens is 4. The van der Waals surface area contributed by atoms with E-state index in [1.165, 1.54) is 12.1 Å². The summed E-state index contributed by atoms with van der Waals surface area (Å²) in [6, 6.07) is 3.79. The summed E-state index contributed by atoms with van der Waals surface area (Å²) >= 11 is 2.96. The Labute approximate surface area is 115 Å². The van der Waals surface area contributed by atoms with E-state index in [0.717, 1.165) is 18.9 Å². The summed E-state index contributed by atoms with van der Waals surface area (Å²) in [5.41, 5.74) is 0. The van der Waals surface area contributed by atoms with Crippen LogP contribution in [0.5, 0.6) is 11.5 Å². The van der Waals surface area contributed by atoms with Crippen molar-refractivity contribution in [2.45, 2.75) is 19.2 Å². The summed E-state index contributed by atoms with van der Waals surface area (Å²) in [4.78, 5) is 11.4. The van der Waals surface area contributed by atoms with Gasteiger partial charge in [-0.15, -0.1) is 13.2 Å². The molecule has 1 aromatic rings. The molecule has 0 bridgehead atoms. The zero-order valence-corrected chi connectivity index (χ0v) is 11.3. The van der Waals surface area contributed by atoms with E-state index in [4.69, 9.17) is 4.74 Å². The zero-order chi connectivity index (χ0) is 14.0. The first kappa shape index (κ1) is 14.2. The number of benzene rings is 1. The zero-order valence-electron chi connectivity index (χ0n) is 9.67. The normalized spacial score (nSPS) is 15.2. The average Bonchev–Trinajstić information content (AvgIpc) is 3.11. The average molecular weight is 339 g/mol. The molecule has 0 aromatic heterocycles. The molecule has 1 saturated carbocycles. The predicted molar refractivity (Wildman–Crippen MR) is 64.1 cm³/mol. The van der Waals surface area contributed by atoms with Crippen molar-refractivity contribution in [3.8, 4) is 11.5 Å². The van der Waals surface area contributed by atoms with E-state index in [2.05, 4.69) is 20.7 Å². The summed E-state index contributed by atoms with van der Waals surface area (Å²) in [5.74, 6) is 0.0757. The Bertz CT molecular complexity index is 484. The number of ketones is 1. The Morgan fingerprint density at radius 1 is 1.37 bits per heavy atom. The van der Waals surface area contributed by atoms with Gasteiger partial charge >= 0.3 is 6.36 Å². The van der Waals surface area contributed by atoms with Gasteiger partial charge in [-0.2, -0.15) is 0 Å². The fourth-order valence-electron chi connectivity index (χ4n) is 1.46. The lowest BCUT2D eigenvalue weighted by Crippen LogP contribution is -2.17. The summed E-state index contributed by atoms with van der Waals surface area (Å²) in [6.45, 7) is -0.0589. The van der Waals surface area contributed by atoms with Crippen molar-refractivity contribution in [2.75, 3.05) is 6.61 Å². The van der Waals surface area contributed by atoms with Crippen LogP contribution in [-0.2, 0) is 4.79 Å². The number of alkyl halides is 3. The number of ether oxygens (including phenoxy) is 2. The molecule has 0 amide bonds. The van der Waals surface area contributed by atoms with Crippen LogP contribution in [0.25, 0.3) is 0 Å². The molecule has 2 rings (SSSR count). The SMILES string of the molecule is O=C(COc1ccc(OC(F)(F)F)c(Br)c1)C1CC1. The third kappa shape index (κ3) is 4.41. The first-order valence-corrected chi connectivity index (χ1v) is 6.35. The minimum Gasteiger partial charge on any atom is -0.486 e. The van der Waals surface area contributed by atoms with Crippen LogP contribution in [0.3, 0.4) is 0 Å². The maximum absolute atomic E-state index is 12.1. The molecular formula is C12H10BrF3O3. The molecule has 0 aliphatic heterocycles. The molecule has 7 heteroatoms. The number of Topliss-reactive ketones (excluding diaryl/α,β-unsaturated/α-hetero) is 1. The Hall–Kier alpha value is -1.24.